The zero-order valence-electron chi connectivity index (χ0n) is 13.0. The minimum absolute atomic E-state index is 0.183. The molecule has 0 N–H and O–H groups in total. The van der Waals surface area contributed by atoms with Crippen LogP contribution in [0.25, 0.3) is 11.0 Å². The molecule has 0 saturated heterocycles. The molecule has 0 saturated carbocycles. The quantitative estimate of drug-likeness (QED) is 0.482. The fourth-order valence-electron chi connectivity index (χ4n) is 2.33. The van der Waals surface area contributed by atoms with E-state index in [1.165, 1.54) is 25.3 Å². The highest BCUT2D eigenvalue weighted by atomic mass is 79.9. The molecule has 0 fully saturated rings. The van der Waals surface area contributed by atoms with Crippen LogP contribution in [0.2, 0.25) is 0 Å². The second-order valence-electron chi connectivity index (χ2n) is 5.15. The molecule has 5 nitrogen and oxygen atoms in total. The van der Waals surface area contributed by atoms with Gasteiger partial charge in [0.25, 0.3) is 0 Å². The molecule has 0 aliphatic carbocycles. The van der Waals surface area contributed by atoms with E-state index >= 15 is 0 Å². The minimum atomic E-state index is -0.820. The Bertz CT molecular complexity index is 1010. The molecule has 0 atom stereocenters. The second kappa shape index (κ2) is 7.06. The van der Waals surface area contributed by atoms with Crippen LogP contribution in [0.5, 0.6) is 5.75 Å². The van der Waals surface area contributed by atoms with Gasteiger partial charge in [0, 0.05) is 27.6 Å². The number of carbonyl (C=O) groups is 1. The van der Waals surface area contributed by atoms with Crippen LogP contribution in [0.4, 0.5) is 4.39 Å². The molecule has 0 radical (unpaired) electrons. The molecule has 0 bridgehead atoms. The van der Waals surface area contributed by atoms with Crippen LogP contribution >= 0.6 is 15.9 Å². The Hall–Kier alpha value is -2.67. The van der Waals surface area contributed by atoms with Crippen LogP contribution in [0.1, 0.15) is 15.9 Å². The van der Waals surface area contributed by atoms with Crippen LogP contribution < -0.4 is 10.4 Å². The van der Waals surface area contributed by atoms with Gasteiger partial charge in [-0.05, 0) is 30.3 Å². The lowest BCUT2D eigenvalue weighted by atomic mass is 10.1. The van der Waals surface area contributed by atoms with E-state index < -0.39 is 17.4 Å². The summed E-state index contributed by atoms with van der Waals surface area (Å²) in [5.74, 6) is -0.983. The van der Waals surface area contributed by atoms with E-state index in [1.807, 2.05) is 0 Å². The van der Waals surface area contributed by atoms with Crippen LogP contribution in [-0.4, -0.2) is 13.1 Å². The maximum atomic E-state index is 13.8. The SMILES string of the molecule is COc1ccc2c(COC(=O)c3ccc(Br)cc3F)cc(=O)oc2c1. The van der Waals surface area contributed by atoms with E-state index in [2.05, 4.69) is 15.9 Å². The lowest BCUT2D eigenvalue weighted by molar-refractivity contribution is 0.0468. The van der Waals surface area contributed by atoms with Crippen molar-refractivity contribution in [3.8, 4) is 5.75 Å². The summed E-state index contributed by atoms with van der Waals surface area (Å²) in [7, 11) is 1.50. The van der Waals surface area contributed by atoms with Crippen molar-refractivity contribution in [2.75, 3.05) is 7.11 Å². The molecular weight excluding hydrogens is 395 g/mol. The van der Waals surface area contributed by atoms with Gasteiger partial charge in [0.2, 0.25) is 0 Å². The molecule has 25 heavy (non-hydrogen) atoms. The maximum absolute atomic E-state index is 13.8. The zero-order chi connectivity index (χ0) is 18.0. The number of fused-ring (bicyclic) bond motifs is 1. The van der Waals surface area contributed by atoms with Gasteiger partial charge in [-0.3, -0.25) is 0 Å². The number of halogens is 2. The van der Waals surface area contributed by atoms with Crippen molar-refractivity contribution in [2.24, 2.45) is 0 Å². The number of ether oxygens (including phenoxy) is 2. The molecule has 0 spiro atoms. The first kappa shape index (κ1) is 17.2. The molecule has 0 aliphatic rings. The topological polar surface area (TPSA) is 65.7 Å². The molecule has 3 aromatic rings. The molecule has 0 unspecified atom stereocenters. The second-order valence-corrected chi connectivity index (χ2v) is 6.07. The van der Waals surface area contributed by atoms with E-state index in [4.69, 9.17) is 13.9 Å². The fourth-order valence-corrected chi connectivity index (χ4v) is 2.67. The molecule has 0 amide bonds. The molecular formula is C18H12BrFO5. The van der Waals surface area contributed by atoms with Gasteiger partial charge in [0.05, 0.1) is 12.7 Å². The predicted molar refractivity (Wildman–Crippen MR) is 92.3 cm³/mol. The molecule has 3 rings (SSSR count). The van der Waals surface area contributed by atoms with Gasteiger partial charge >= 0.3 is 11.6 Å². The molecule has 128 valence electrons. The first-order valence-corrected chi connectivity index (χ1v) is 8.00. The van der Waals surface area contributed by atoms with Crippen LogP contribution in [0.15, 0.2) is 56.1 Å². The summed E-state index contributed by atoms with van der Waals surface area (Å²) in [4.78, 5) is 23.8. The Morgan fingerprint density at radius 1 is 1.20 bits per heavy atom. The van der Waals surface area contributed by atoms with Crippen LogP contribution in [0, 0.1) is 5.82 Å². The Labute approximate surface area is 150 Å². The highest BCUT2D eigenvalue weighted by Crippen LogP contribution is 2.23. The zero-order valence-corrected chi connectivity index (χ0v) is 14.6. The van der Waals surface area contributed by atoms with Gasteiger partial charge in [-0.25, -0.2) is 14.0 Å². The smallest absolute Gasteiger partial charge is 0.341 e. The van der Waals surface area contributed by atoms with Crippen molar-refractivity contribution in [2.45, 2.75) is 6.61 Å². The lowest BCUT2D eigenvalue weighted by Gasteiger charge is -2.09. The van der Waals surface area contributed by atoms with Crippen molar-refractivity contribution in [1.82, 2.24) is 0 Å². The van der Waals surface area contributed by atoms with Gasteiger partial charge in [-0.15, -0.1) is 0 Å². The van der Waals surface area contributed by atoms with Gasteiger partial charge in [-0.1, -0.05) is 15.9 Å². The summed E-state index contributed by atoms with van der Waals surface area (Å²) < 4.78 is 29.7. The number of esters is 1. The summed E-state index contributed by atoms with van der Waals surface area (Å²) in [5, 5.41) is 0.601. The molecule has 7 heteroatoms. The van der Waals surface area contributed by atoms with E-state index in [0.717, 1.165) is 0 Å². The number of benzene rings is 2. The third-order valence-corrected chi connectivity index (χ3v) is 4.04. The minimum Gasteiger partial charge on any atom is -0.497 e. The number of hydrogen-bond acceptors (Lipinski definition) is 5. The van der Waals surface area contributed by atoms with Crippen molar-refractivity contribution < 1.29 is 23.1 Å². The van der Waals surface area contributed by atoms with Crippen molar-refractivity contribution in [1.29, 1.82) is 0 Å². The number of hydrogen-bond donors (Lipinski definition) is 0. The first-order chi connectivity index (χ1) is 12.0. The Balaban J connectivity index is 1.88. The summed E-state index contributed by atoms with van der Waals surface area (Å²) >= 11 is 3.12. The highest BCUT2D eigenvalue weighted by molar-refractivity contribution is 9.10. The summed E-state index contributed by atoms with van der Waals surface area (Å²) in [5.41, 5.74) is 0.00580. The molecule has 1 aromatic heterocycles. The summed E-state index contributed by atoms with van der Waals surface area (Å²) in [6.07, 6.45) is 0. The van der Waals surface area contributed by atoms with Gasteiger partial charge in [0.1, 0.15) is 23.8 Å². The van der Waals surface area contributed by atoms with E-state index in [1.54, 1.807) is 24.3 Å². The molecule has 2 aromatic carbocycles. The Morgan fingerprint density at radius 3 is 2.72 bits per heavy atom. The fraction of sp³-hybridized carbons (Fsp3) is 0.111. The number of carbonyl (C=O) groups excluding carboxylic acids is 1. The number of rotatable bonds is 4. The maximum Gasteiger partial charge on any atom is 0.341 e. The Kier molecular flexibility index (Phi) is 4.85. The summed E-state index contributed by atoms with van der Waals surface area (Å²) in [6, 6.07) is 10.2. The first-order valence-electron chi connectivity index (χ1n) is 7.21. The van der Waals surface area contributed by atoms with Crippen molar-refractivity contribution >= 4 is 32.9 Å². The van der Waals surface area contributed by atoms with E-state index in [0.29, 0.717) is 26.8 Å². The monoisotopic (exact) mass is 406 g/mol. The van der Waals surface area contributed by atoms with Gasteiger partial charge < -0.3 is 13.9 Å². The van der Waals surface area contributed by atoms with Crippen molar-refractivity contribution in [3.05, 3.63) is 74.3 Å². The molecule has 1 heterocycles. The largest absolute Gasteiger partial charge is 0.497 e. The van der Waals surface area contributed by atoms with Crippen LogP contribution in [0.3, 0.4) is 0 Å². The summed E-state index contributed by atoms with van der Waals surface area (Å²) in [6.45, 7) is -0.192. The molecule has 0 aliphatic heterocycles. The number of methoxy groups -OCH3 is 1. The third kappa shape index (κ3) is 3.71. The lowest BCUT2D eigenvalue weighted by Crippen LogP contribution is -2.09. The average molecular weight is 407 g/mol. The van der Waals surface area contributed by atoms with Gasteiger partial charge in [0.15, 0.2) is 0 Å². The normalized spacial score (nSPS) is 10.7. The van der Waals surface area contributed by atoms with E-state index in [-0.39, 0.29) is 12.2 Å². The Morgan fingerprint density at radius 2 is 2.00 bits per heavy atom. The van der Waals surface area contributed by atoms with Crippen LogP contribution in [-0.2, 0) is 11.3 Å². The highest BCUT2D eigenvalue weighted by Gasteiger charge is 2.15. The predicted octanol–water partition coefficient (Wildman–Crippen LogP) is 4.06. The van der Waals surface area contributed by atoms with Gasteiger partial charge in [-0.2, -0.15) is 0 Å². The standard InChI is InChI=1S/C18H12BrFO5/c1-23-12-3-5-13-10(6-17(21)25-16(13)8-12)9-24-18(22)14-4-2-11(19)7-15(14)20/h2-8H,9H2,1H3. The van der Waals surface area contributed by atoms with Crippen molar-refractivity contribution in [3.63, 3.8) is 0 Å². The third-order valence-electron chi connectivity index (χ3n) is 3.55. The average Bonchev–Trinajstić information content (AvgIpc) is 2.58. The van der Waals surface area contributed by atoms with E-state index in [9.17, 15) is 14.0 Å².